The summed E-state index contributed by atoms with van der Waals surface area (Å²) in [7, 11) is 1.68. The first kappa shape index (κ1) is 23.0. The molecule has 0 spiro atoms. The highest BCUT2D eigenvalue weighted by Gasteiger charge is 2.38. The minimum atomic E-state index is -0.544. The highest BCUT2D eigenvalue weighted by atomic mass is 19.1. The zero-order valence-electron chi connectivity index (χ0n) is 19.7. The number of rotatable bonds is 6. The van der Waals surface area contributed by atoms with Crippen molar-refractivity contribution in [3.05, 3.63) is 66.1 Å². The van der Waals surface area contributed by atoms with Crippen LogP contribution >= 0.6 is 0 Å². The molecule has 3 aromatic rings. The Balaban J connectivity index is 1.38. The van der Waals surface area contributed by atoms with E-state index in [1.54, 1.807) is 23.9 Å². The van der Waals surface area contributed by atoms with Crippen molar-refractivity contribution in [2.75, 3.05) is 20.2 Å². The highest BCUT2D eigenvalue weighted by molar-refractivity contribution is 5.57. The maximum Gasteiger partial charge on any atom is 0.123 e. The van der Waals surface area contributed by atoms with Gasteiger partial charge in [0, 0.05) is 24.7 Å². The molecule has 1 aliphatic carbocycles. The van der Waals surface area contributed by atoms with Crippen LogP contribution in [-0.4, -0.2) is 51.3 Å². The van der Waals surface area contributed by atoms with E-state index in [2.05, 4.69) is 27.3 Å². The first-order valence-corrected chi connectivity index (χ1v) is 12.3. The van der Waals surface area contributed by atoms with E-state index in [0.29, 0.717) is 24.6 Å². The maximum absolute atomic E-state index is 13.3. The monoisotopic (exact) mass is 464 g/mol. The fraction of sp³-hybridized carbons (Fsp3) is 0.481. The van der Waals surface area contributed by atoms with Crippen molar-refractivity contribution in [2.24, 2.45) is 5.92 Å². The zero-order valence-corrected chi connectivity index (χ0v) is 19.7. The molecule has 34 heavy (non-hydrogen) atoms. The van der Waals surface area contributed by atoms with Gasteiger partial charge in [-0.05, 0) is 67.1 Å². The fourth-order valence-electron chi connectivity index (χ4n) is 5.55. The number of aliphatic hydroxyl groups is 1. The molecule has 0 amide bonds. The van der Waals surface area contributed by atoms with Crippen LogP contribution in [0.25, 0.3) is 11.3 Å². The third kappa shape index (κ3) is 5.00. The molecular formula is C27H33FN4O2. The molecule has 2 aromatic carbocycles. The average Bonchev–Trinajstić information content (AvgIpc) is 3.36. The third-order valence-electron chi connectivity index (χ3n) is 7.48. The van der Waals surface area contributed by atoms with Crippen molar-refractivity contribution in [1.82, 2.24) is 19.9 Å². The minimum absolute atomic E-state index is 0.152. The van der Waals surface area contributed by atoms with Crippen LogP contribution in [-0.2, 0) is 0 Å². The molecule has 0 unspecified atom stereocenters. The Morgan fingerprint density at radius 1 is 1.03 bits per heavy atom. The van der Waals surface area contributed by atoms with Gasteiger partial charge in [-0.3, -0.25) is 4.90 Å². The lowest BCUT2D eigenvalue weighted by atomic mass is 9.85. The first-order chi connectivity index (χ1) is 16.6. The molecule has 1 saturated heterocycles. The smallest absolute Gasteiger partial charge is 0.123 e. The van der Waals surface area contributed by atoms with Crippen LogP contribution < -0.4 is 4.74 Å². The molecule has 5 rings (SSSR count). The van der Waals surface area contributed by atoms with Crippen LogP contribution in [0.4, 0.5) is 4.39 Å². The van der Waals surface area contributed by atoms with E-state index in [0.717, 1.165) is 17.9 Å². The molecule has 1 saturated carbocycles. The number of benzene rings is 2. The number of likely N-dealkylation sites (tertiary alicyclic amines) is 1. The maximum atomic E-state index is 13.3. The zero-order chi connectivity index (χ0) is 23.5. The van der Waals surface area contributed by atoms with Gasteiger partial charge in [-0.2, -0.15) is 0 Å². The summed E-state index contributed by atoms with van der Waals surface area (Å²) in [6.45, 7) is 1.74. The van der Waals surface area contributed by atoms with Crippen molar-refractivity contribution < 1.29 is 14.2 Å². The molecule has 2 aliphatic rings. The van der Waals surface area contributed by atoms with Gasteiger partial charge < -0.3 is 9.84 Å². The molecule has 1 aliphatic heterocycles. The van der Waals surface area contributed by atoms with E-state index in [4.69, 9.17) is 4.74 Å². The summed E-state index contributed by atoms with van der Waals surface area (Å²) in [6, 6.07) is 14.5. The van der Waals surface area contributed by atoms with Crippen LogP contribution in [0.1, 0.15) is 56.2 Å². The Hall–Kier alpha value is -2.77. The largest absolute Gasteiger partial charge is 0.497 e. The number of hydrogen-bond acceptors (Lipinski definition) is 5. The van der Waals surface area contributed by atoms with Crippen molar-refractivity contribution >= 4 is 0 Å². The number of hydrogen-bond donors (Lipinski definition) is 1. The van der Waals surface area contributed by atoms with E-state index >= 15 is 0 Å². The lowest BCUT2D eigenvalue weighted by Crippen LogP contribution is -2.47. The Labute approximate surface area is 200 Å². The summed E-state index contributed by atoms with van der Waals surface area (Å²) in [5.41, 5.74) is 2.70. The number of ether oxygens (including phenoxy) is 1. The second kappa shape index (κ2) is 10.2. The molecule has 1 N–H and O–H groups in total. The summed E-state index contributed by atoms with van der Waals surface area (Å²) in [4.78, 5) is 2.54. The second-order valence-electron chi connectivity index (χ2n) is 9.71. The number of aromatic nitrogens is 3. The Bertz CT molecular complexity index is 1060. The van der Waals surface area contributed by atoms with Crippen LogP contribution in [0.3, 0.4) is 0 Å². The number of halogens is 1. The highest BCUT2D eigenvalue weighted by Crippen LogP contribution is 2.38. The molecule has 2 heterocycles. The predicted octanol–water partition coefficient (Wildman–Crippen LogP) is 5.02. The Morgan fingerprint density at radius 2 is 1.76 bits per heavy atom. The summed E-state index contributed by atoms with van der Waals surface area (Å²) >= 11 is 0. The topological polar surface area (TPSA) is 63.4 Å². The average molecular weight is 465 g/mol. The molecule has 1 aromatic heterocycles. The van der Waals surface area contributed by atoms with Crippen molar-refractivity contribution in [2.45, 2.75) is 56.7 Å². The van der Waals surface area contributed by atoms with Crippen molar-refractivity contribution in [1.29, 1.82) is 0 Å². The van der Waals surface area contributed by atoms with Gasteiger partial charge in [0.05, 0.1) is 25.5 Å². The van der Waals surface area contributed by atoms with E-state index in [-0.39, 0.29) is 17.9 Å². The van der Waals surface area contributed by atoms with Gasteiger partial charge in [-0.1, -0.05) is 36.6 Å². The van der Waals surface area contributed by atoms with Crippen LogP contribution in [0, 0.1) is 11.7 Å². The molecule has 180 valence electrons. The van der Waals surface area contributed by atoms with E-state index in [1.807, 2.05) is 18.3 Å². The summed E-state index contributed by atoms with van der Waals surface area (Å²) in [5.74, 6) is 1.26. The SMILES string of the molecule is COc1ccc([C@H]2C[C@H](O)[C@@H](n3cc(-c4ccc(F)cc4)nn3)CN2CC2CCCCC2)cc1. The number of piperidine rings is 1. The van der Waals surface area contributed by atoms with Gasteiger partial charge in [0.1, 0.15) is 17.3 Å². The first-order valence-electron chi connectivity index (χ1n) is 12.3. The van der Waals surface area contributed by atoms with E-state index in [1.165, 1.54) is 49.8 Å². The molecule has 2 fully saturated rings. The molecule has 6 nitrogen and oxygen atoms in total. The van der Waals surface area contributed by atoms with E-state index in [9.17, 15) is 9.50 Å². The molecular weight excluding hydrogens is 431 g/mol. The number of aliphatic hydroxyl groups excluding tert-OH is 1. The molecule has 3 atom stereocenters. The summed E-state index contributed by atoms with van der Waals surface area (Å²) in [5, 5.41) is 19.9. The van der Waals surface area contributed by atoms with Gasteiger partial charge >= 0.3 is 0 Å². The summed E-state index contributed by atoms with van der Waals surface area (Å²) < 4.78 is 20.5. The van der Waals surface area contributed by atoms with Gasteiger partial charge in [0.25, 0.3) is 0 Å². The molecule has 7 heteroatoms. The second-order valence-corrected chi connectivity index (χ2v) is 9.71. The Kier molecular flexibility index (Phi) is 6.92. The van der Waals surface area contributed by atoms with Crippen molar-refractivity contribution in [3.8, 4) is 17.0 Å². The van der Waals surface area contributed by atoms with Gasteiger partial charge in [0.15, 0.2) is 0 Å². The quantitative estimate of drug-likeness (QED) is 0.555. The van der Waals surface area contributed by atoms with E-state index < -0.39 is 6.10 Å². The van der Waals surface area contributed by atoms with Gasteiger partial charge in [-0.15, -0.1) is 5.10 Å². The Morgan fingerprint density at radius 3 is 2.47 bits per heavy atom. The number of nitrogens with zero attached hydrogens (tertiary/aromatic N) is 4. The minimum Gasteiger partial charge on any atom is -0.497 e. The normalized spacial score (nSPS) is 24.3. The number of methoxy groups -OCH3 is 1. The van der Waals surface area contributed by atoms with Crippen LogP contribution in [0.15, 0.2) is 54.7 Å². The molecule has 0 radical (unpaired) electrons. The van der Waals surface area contributed by atoms with Gasteiger partial charge in [0.2, 0.25) is 0 Å². The predicted molar refractivity (Wildman–Crippen MR) is 129 cm³/mol. The van der Waals surface area contributed by atoms with Crippen LogP contribution in [0.5, 0.6) is 5.75 Å². The molecule has 0 bridgehead atoms. The van der Waals surface area contributed by atoms with Gasteiger partial charge in [-0.25, -0.2) is 9.07 Å². The van der Waals surface area contributed by atoms with Crippen LogP contribution in [0.2, 0.25) is 0 Å². The lowest BCUT2D eigenvalue weighted by molar-refractivity contribution is -0.0154. The third-order valence-corrected chi connectivity index (χ3v) is 7.48. The lowest BCUT2D eigenvalue weighted by Gasteiger charge is -2.44. The standard InChI is InChI=1S/C27H33FN4O2/c1-34-23-13-9-21(10-14-23)25-15-27(33)26(18-31(25)16-19-5-3-2-4-6-19)32-17-24(29-30-32)20-7-11-22(28)12-8-20/h7-14,17,19,25-27,33H,2-6,15-16,18H2,1H3/t25-,26+,27+/m1/s1. The summed E-state index contributed by atoms with van der Waals surface area (Å²) in [6.07, 6.45) is 8.46. The fourth-order valence-corrected chi connectivity index (χ4v) is 5.55. The van der Waals surface area contributed by atoms with Crippen molar-refractivity contribution in [3.63, 3.8) is 0 Å².